The molecule has 0 aromatic heterocycles. The monoisotopic (exact) mass is 358 g/mol. The Labute approximate surface area is 94.2 Å². The number of rotatable bonds is 1. The van der Waals surface area contributed by atoms with Gasteiger partial charge in [0.15, 0.2) is 0 Å². The zero-order chi connectivity index (χ0) is 8.43. The third-order valence-electron chi connectivity index (χ3n) is 2.75. The van der Waals surface area contributed by atoms with E-state index >= 15 is 0 Å². The molecule has 3 unspecified atom stereocenters. The smallest absolute Gasteiger partial charge is 0.306 e. The zero-order valence-electron chi connectivity index (χ0n) is 7.92. The van der Waals surface area contributed by atoms with E-state index in [0.29, 0.717) is 5.92 Å². The van der Waals surface area contributed by atoms with Gasteiger partial charge in [0.1, 0.15) is 0 Å². The first-order chi connectivity index (χ1) is 5.11. The molecule has 1 aliphatic carbocycles. The van der Waals surface area contributed by atoms with E-state index in [1.54, 1.807) is 0 Å². The van der Waals surface area contributed by atoms with Crippen LogP contribution in [-0.4, -0.2) is 11.1 Å². The van der Waals surface area contributed by atoms with Crippen molar-refractivity contribution < 1.29 is 37.6 Å². The van der Waals surface area contributed by atoms with Crippen LogP contribution in [0.5, 0.6) is 0 Å². The molecular weight excluding hydrogens is 341 g/mol. The molecule has 0 aromatic rings. The summed E-state index contributed by atoms with van der Waals surface area (Å²) >= 11 is 0. The van der Waals surface area contributed by atoms with Crippen molar-refractivity contribution >= 4 is 5.97 Å². The van der Waals surface area contributed by atoms with Gasteiger partial charge in [-0.3, -0.25) is 4.79 Å². The second-order valence-electron chi connectivity index (χ2n) is 3.84. The van der Waals surface area contributed by atoms with Crippen LogP contribution in [0.3, 0.4) is 0 Å². The molecular formula is C9H16HgO2. The maximum absolute atomic E-state index is 10.7. The van der Waals surface area contributed by atoms with E-state index in [1.165, 1.54) is 0 Å². The van der Waals surface area contributed by atoms with Gasteiger partial charge in [-0.05, 0) is 31.1 Å². The first-order valence-electron chi connectivity index (χ1n) is 4.34. The third-order valence-corrected chi connectivity index (χ3v) is 2.75. The van der Waals surface area contributed by atoms with Gasteiger partial charge in [0.2, 0.25) is 0 Å². The second-order valence-corrected chi connectivity index (χ2v) is 3.84. The summed E-state index contributed by atoms with van der Waals surface area (Å²) < 4.78 is 0. The molecule has 1 N–H and O–H groups in total. The van der Waals surface area contributed by atoms with Crippen LogP contribution < -0.4 is 0 Å². The third kappa shape index (κ3) is 3.04. The van der Waals surface area contributed by atoms with Crippen molar-refractivity contribution in [3.63, 3.8) is 0 Å². The quantitative estimate of drug-likeness (QED) is 0.731. The Morgan fingerprint density at radius 1 is 1.33 bits per heavy atom. The molecule has 0 heterocycles. The van der Waals surface area contributed by atoms with E-state index < -0.39 is 5.97 Å². The molecule has 2 nitrogen and oxygen atoms in total. The minimum absolute atomic E-state index is 0. The Morgan fingerprint density at radius 2 is 1.92 bits per heavy atom. The standard InChI is InChI=1S/C9H16O2.Hg/c1-6-3-4-8(9(10)11)7(2)5-6;/h6-8H,3-5H2,1-2H3,(H,10,11);. The summed E-state index contributed by atoms with van der Waals surface area (Å²) in [5.41, 5.74) is 0. The molecule has 0 aromatic carbocycles. The SMILES string of the molecule is CC1CCC(C(=O)O)C(C)C1.[Hg]. The van der Waals surface area contributed by atoms with Gasteiger partial charge in [0, 0.05) is 27.7 Å². The van der Waals surface area contributed by atoms with Crippen LogP contribution in [0.15, 0.2) is 0 Å². The van der Waals surface area contributed by atoms with E-state index in [2.05, 4.69) is 13.8 Å². The molecule has 1 saturated carbocycles. The van der Waals surface area contributed by atoms with Gasteiger partial charge in [-0.15, -0.1) is 0 Å². The maximum atomic E-state index is 10.7. The van der Waals surface area contributed by atoms with Gasteiger partial charge in [-0.2, -0.15) is 0 Å². The summed E-state index contributed by atoms with van der Waals surface area (Å²) in [5, 5.41) is 8.79. The topological polar surface area (TPSA) is 37.3 Å². The minimum atomic E-state index is -0.607. The molecule has 0 aliphatic heterocycles. The predicted molar refractivity (Wildman–Crippen MR) is 43.3 cm³/mol. The number of carbonyl (C=O) groups is 1. The molecule has 12 heavy (non-hydrogen) atoms. The average Bonchev–Trinajstić information content (AvgIpc) is 1.85. The van der Waals surface area contributed by atoms with Crippen molar-refractivity contribution in [3.8, 4) is 0 Å². The minimum Gasteiger partial charge on any atom is -0.481 e. The summed E-state index contributed by atoms with van der Waals surface area (Å²) in [6.45, 7) is 4.25. The second kappa shape index (κ2) is 5.20. The van der Waals surface area contributed by atoms with Crippen LogP contribution in [0.2, 0.25) is 0 Å². The summed E-state index contributed by atoms with van der Waals surface area (Å²) in [6, 6.07) is 0. The molecule has 0 amide bonds. The molecule has 0 spiro atoms. The van der Waals surface area contributed by atoms with Crippen LogP contribution in [-0.2, 0) is 32.5 Å². The number of carboxylic acid groups (broad SMARTS) is 1. The Morgan fingerprint density at radius 3 is 2.33 bits per heavy atom. The predicted octanol–water partition coefficient (Wildman–Crippen LogP) is 2.14. The van der Waals surface area contributed by atoms with Crippen LogP contribution in [0, 0.1) is 17.8 Å². The van der Waals surface area contributed by atoms with E-state index in [4.69, 9.17) is 5.11 Å². The molecule has 0 bridgehead atoms. The fourth-order valence-electron chi connectivity index (χ4n) is 2.03. The molecule has 66 valence electrons. The van der Waals surface area contributed by atoms with Gasteiger partial charge in [0.25, 0.3) is 0 Å². The summed E-state index contributed by atoms with van der Waals surface area (Å²) in [7, 11) is 0. The van der Waals surface area contributed by atoms with Crippen molar-refractivity contribution in [1.29, 1.82) is 0 Å². The van der Waals surface area contributed by atoms with Crippen LogP contribution in [0.4, 0.5) is 0 Å². The molecule has 0 saturated heterocycles. The number of hydrogen-bond acceptors (Lipinski definition) is 1. The molecule has 3 heteroatoms. The van der Waals surface area contributed by atoms with Crippen molar-refractivity contribution in [2.24, 2.45) is 17.8 Å². The number of hydrogen-bond donors (Lipinski definition) is 1. The van der Waals surface area contributed by atoms with Gasteiger partial charge < -0.3 is 5.11 Å². The maximum Gasteiger partial charge on any atom is 0.306 e. The zero-order valence-corrected chi connectivity index (χ0v) is 13.4. The molecule has 1 aliphatic rings. The van der Waals surface area contributed by atoms with Gasteiger partial charge in [0.05, 0.1) is 5.92 Å². The first-order valence-corrected chi connectivity index (χ1v) is 4.34. The largest absolute Gasteiger partial charge is 0.481 e. The van der Waals surface area contributed by atoms with Gasteiger partial charge in [-0.1, -0.05) is 13.8 Å². The normalized spacial score (nSPS) is 35.3. The van der Waals surface area contributed by atoms with Crippen molar-refractivity contribution in [2.75, 3.05) is 0 Å². The first kappa shape index (κ1) is 12.4. The average molecular weight is 357 g/mol. The van der Waals surface area contributed by atoms with Gasteiger partial charge in [-0.25, -0.2) is 0 Å². The summed E-state index contributed by atoms with van der Waals surface area (Å²) in [4.78, 5) is 10.7. The van der Waals surface area contributed by atoms with Crippen LogP contribution in [0.1, 0.15) is 33.1 Å². The van der Waals surface area contributed by atoms with E-state index in [0.717, 1.165) is 25.2 Å². The molecule has 1 rings (SSSR count). The van der Waals surface area contributed by atoms with E-state index in [9.17, 15) is 4.79 Å². The summed E-state index contributed by atoms with van der Waals surface area (Å²) in [5.74, 6) is 0.410. The number of aliphatic carboxylic acids is 1. The Bertz CT molecular complexity index is 159. The molecule has 3 atom stereocenters. The van der Waals surface area contributed by atoms with E-state index in [-0.39, 0.29) is 33.6 Å². The Hall–Kier alpha value is 0.405. The Kier molecular flexibility index (Phi) is 5.38. The van der Waals surface area contributed by atoms with Crippen LogP contribution >= 0.6 is 0 Å². The number of carboxylic acids is 1. The summed E-state index contributed by atoms with van der Waals surface area (Å²) in [6.07, 6.45) is 3.04. The van der Waals surface area contributed by atoms with Crippen molar-refractivity contribution in [2.45, 2.75) is 33.1 Å². The molecule has 1 fully saturated rings. The Balaban J connectivity index is 0.00000121. The molecule has 0 radical (unpaired) electrons. The van der Waals surface area contributed by atoms with Crippen LogP contribution in [0.25, 0.3) is 0 Å². The van der Waals surface area contributed by atoms with Crippen molar-refractivity contribution in [3.05, 3.63) is 0 Å². The van der Waals surface area contributed by atoms with Gasteiger partial charge >= 0.3 is 5.97 Å². The van der Waals surface area contributed by atoms with E-state index in [1.807, 2.05) is 0 Å². The van der Waals surface area contributed by atoms with Crippen molar-refractivity contribution in [1.82, 2.24) is 0 Å². The fraction of sp³-hybridized carbons (Fsp3) is 0.889. The fourth-order valence-corrected chi connectivity index (χ4v) is 2.03.